The smallest absolute Gasteiger partial charge is 0.271 e. The molecule has 1 amide bonds. The number of benzene rings is 1. The Morgan fingerprint density at radius 2 is 2.05 bits per heavy atom. The minimum Gasteiger partial charge on any atom is -0.493 e. The average molecular weight is 269 g/mol. The van der Waals surface area contributed by atoms with Crippen LogP contribution in [0, 0.1) is 0 Å². The zero-order chi connectivity index (χ0) is 14.2. The molecular formula is C15H15N3O2. The van der Waals surface area contributed by atoms with Crippen molar-refractivity contribution in [3.63, 3.8) is 0 Å². The highest BCUT2D eigenvalue weighted by Gasteiger charge is 2.03. The Morgan fingerprint density at radius 1 is 1.30 bits per heavy atom. The number of carbonyl (C=O) groups is 1. The number of amides is 1. The summed E-state index contributed by atoms with van der Waals surface area (Å²) in [5.41, 5.74) is 3.78. The van der Waals surface area contributed by atoms with Gasteiger partial charge in [0.25, 0.3) is 5.91 Å². The fourth-order valence-electron chi connectivity index (χ4n) is 1.60. The molecule has 0 aliphatic rings. The molecule has 0 saturated carbocycles. The van der Waals surface area contributed by atoms with Gasteiger partial charge in [0.15, 0.2) is 0 Å². The van der Waals surface area contributed by atoms with Crippen molar-refractivity contribution in [3.8, 4) is 5.75 Å². The summed E-state index contributed by atoms with van der Waals surface area (Å²) in [5.74, 6) is 0.453. The van der Waals surface area contributed by atoms with E-state index in [-0.39, 0.29) is 5.91 Å². The van der Waals surface area contributed by atoms with Crippen molar-refractivity contribution in [2.75, 3.05) is 6.61 Å². The summed E-state index contributed by atoms with van der Waals surface area (Å²) in [6.07, 6.45) is 4.68. The van der Waals surface area contributed by atoms with E-state index in [9.17, 15) is 4.79 Å². The molecule has 1 N–H and O–H groups in total. The van der Waals surface area contributed by atoms with E-state index in [0.29, 0.717) is 12.2 Å². The molecule has 1 heterocycles. The first kappa shape index (κ1) is 13.7. The lowest BCUT2D eigenvalue weighted by Crippen LogP contribution is -2.17. The highest BCUT2D eigenvalue weighted by Crippen LogP contribution is 2.15. The molecule has 0 spiro atoms. The van der Waals surface area contributed by atoms with Gasteiger partial charge in [-0.1, -0.05) is 12.1 Å². The number of hydrazone groups is 1. The van der Waals surface area contributed by atoms with Crippen LogP contribution < -0.4 is 10.2 Å². The topological polar surface area (TPSA) is 63.6 Å². The zero-order valence-electron chi connectivity index (χ0n) is 11.1. The molecule has 0 aliphatic heterocycles. The van der Waals surface area contributed by atoms with E-state index in [1.165, 1.54) is 0 Å². The van der Waals surface area contributed by atoms with Crippen LogP contribution in [0.25, 0.3) is 0 Å². The first-order valence-corrected chi connectivity index (χ1v) is 6.26. The van der Waals surface area contributed by atoms with Crippen molar-refractivity contribution < 1.29 is 9.53 Å². The van der Waals surface area contributed by atoms with E-state index >= 15 is 0 Å². The molecule has 102 valence electrons. The minimum atomic E-state index is -0.280. The summed E-state index contributed by atoms with van der Waals surface area (Å²) in [5, 5.41) is 3.94. The van der Waals surface area contributed by atoms with E-state index in [4.69, 9.17) is 4.74 Å². The van der Waals surface area contributed by atoms with E-state index in [1.807, 2.05) is 31.2 Å². The van der Waals surface area contributed by atoms with E-state index in [1.54, 1.807) is 30.7 Å². The molecule has 0 atom stereocenters. The first-order chi connectivity index (χ1) is 9.81. The van der Waals surface area contributed by atoms with Gasteiger partial charge >= 0.3 is 0 Å². The molecule has 20 heavy (non-hydrogen) atoms. The van der Waals surface area contributed by atoms with Gasteiger partial charge in [0.1, 0.15) is 5.75 Å². The Bertz CT molecular complexity index is 597. The van der Waals surface area contributed by atoms with Crippen LogP contribution in [-0.4, -0.2) is 23.7 Å². The van der Waals surface area contributed by atoms with Gasteiger partial charge in [-0.05, 0) is 31.2 Å². The molecule has 1 aromatic heterocycles. The molecule has 2 rings (SSSR count). The number of nitrogens with zero attached hydrogens (tertiary/aromatic N) is 2. The highest BCUT2D eigenvalue weighted by molar-refractivity contribution is 5.94. The van der Waals surface area contributed by atoms with E-state index in [0.717, 1.165) is 11.3 Å². The van der Waals surface area contributed by atoms with E-state index < -0.39 is 0 Å². The average Bonchev–Trinajstić information content (AvgIpc) is 2.50. The number of carbonyl (C=O) groups excluding carboxylic acids is 1. The lowest BCUT2D eigenvalue weighted by atomic mass is 10.2. The molecular weight excluding hydrogens is 254 g/mol. The van der Waals surface area contributed by atoms with Crippen LogP contribution in [0.5, 0.6) is 5.75 Å². The normalized spacial score (nSPS) is 10.4. The maximum Gasteiger partial charge on any atom is 0.271 e. The standard InChI is InChI=1S/C15H15N3O2/c1-2-20-14-6-4-3-5-13(14)11-17-18-15(19)12-7-9-16-10-8-12/h3-11H,2H2,1H3,(H,18,19). The monoisotopic (exact) mass is 269 g/mol. The fourth-order valence-corrected chi connectivity index (χ4v) is 1.60. The third kappa shape index (κ3) is 3.65. The predicted molar refractivity (Wildman–Crippen MR) is 76.9 cm³/mol. The quantitative estimate of drug-likeness (QED) is 0.669. The Labute approximate surface area is 117 Å². The molecule has 0 bridgehead atoms. The number of aromatic nitrogens is 1. The van der Waals surface area contributed by atoms with Gasteiger partial charge in [-0.15, -0.1) is 0 Å². The van der Waals surface area contributed by atoms with Crippen molar-refractivity contribution in [3.05, 3.63) is 59.9 Å². The summed E-state index contributed by atoms with van der Waals surface area (Å²) in [6, 6.07) is 10.7. The Hall–Kier alpha value is -2.69. The van der Waals surface area contributed by atoms with Crippen LogP contribution >= 0.6 is 0 Å². The molecule has 0 aliphatic carbocycles. The van der Waals surface area contributed by atoms with Crippen molar-refractivity contribution >= 4 is 12.1 Å². The van der Waals surface area contributed by atoms with Crippen molar-refractivity contribution in [1.29, 1.82) is 0 Å². The summed E-state index contributed by atoms with van der Waals surface area (Å²) in [6.45, 7) is 2.49. The van der Waals surface area contributed by atoms with Crippen LogP contribution in [0.2, 0.25) is 0 Å². The summed E-state index contributed by atoms with van der Waals surface area (Å²) < 4.78 is 5.47. The Morgan fingerprint density at radius 3 is 2.80 bits per heavy atom. The Balaban J connectivity index is 2.02. The number of nitrogens with one attached hydrogen (secondary N) is 1. The van der Waals surface area contributed by atoms with Gasteiger partial charge in [0.2, 0.25) is 0 Å². The van der Waals surface area contributed by atoms with Crippen LogP contribution in [0.15, 0.2) is 53.9 Å². The summed E-state index contributed by atoms with van der Waals surface area (Å²) in [4.78, 5) is 15.6. The summed E-state index contributed by atoms with van der Waals surface area (Å²) >= 11 is 0. The SMILES string of the molecule is CCOc1ccccc1C=NNC(=O)c1ccncc1. The second kappa shape index (κ2) is 7.04. The number of ether oxygens (including phenoxy) is 1. The largest absolute Gasteiger partial charge is 0.493 e. The van der Waals surface area contributed by atoms with Gasteiger partial charge < -0.3 is 4.74 Å². The number of hydrogen-bond acceptors (Lipinski definition) is 4. The maximum absolute atomic E-state index is 11.8. The van der Waals surface area contributed by atoms with E-state index in [2.05, 4.69) is 15.5 Å². The number of para-hydroxylation sites is 1. The maximum atomic E-state index is 11.8. The third-order valence-electron chi connectivity index (χ3n) is 2.53. The number of pyridine rings is 1. The lowest BCUT2D eigenvalue weighted by Gasteiger charge is -2.05. The molecule has 0 saturated heterocycles. The third-order valence-corrected chi connectivity index (χ3v) is 2.53. The molecule has 1 aromatic carbocycles. The molecule has 2 aromatic rings. The molecule has 0 radical (unpaired) electrons. The second-order valence-electron chi connectivity index (χ2n) is 3.91. The summed E-state index contributed by atoms with van der Waals surface area (Å²) in [7, 11) is 0. The van der Waals surface area contributed by atoms with Crippen molar-refractivity contribution in [2.45, 2.75) is 6.92 Å². The van der Waals surface area contributed by atoms with Crippen LogP contribution in [0.1, 0.15) is 22.8 Å². The van der Waals surface area contributed by atoms with Crippen molar-refractivity contribution in [1.82, 2.24) is 10.4 Å². The van der Waals surface area contributed by atoms with Gasteiger partial charge in [-0.2, -0.15) is 5.10 Å². The molecule has 0 unspecified atom stereocenters. The number of hydrogen-bond donors (Lipinski definition) is 1. The van der Waals surface area contributed by atoms with Gasteiger partial charge in [-0.25, -0.2) is 5.43 Å². The lowest BCUT2D eigenvalue weighted by molar-refractivity contribution is 0.0955. The molecule has 0 fully saturated rings. The first-order valence-electron chi connectivity index (χ1n) is 6.26. The number of rotatable bonds is 5. The predicted octanol–water partition coefficient (Wildman–Crippen LogP) is 2.24. The van der Waals surface area contributed by atoms with Gasteiger partial charge in [-0.3, -0.25) is 9.78 Å². The van der Waals surface area contributed by atoms with Gasteiger partial charge in [0.05, 0.1) is 12.8 Å². The highest BCUT2D eigenvalue weighted by atomic mass is 16.5. The Kier molecular flexibility index (Phi) is 4.83. The minimum absolute atomic E-state index is 0.280. The van der Waals surface area contributed by atoms with Gasteiger partial charge in [0, 0.05) is 23.5 Å². The zero-order valence-corrected chi connectivity index (χ0v) is 11.1. The van der Waals surface area contributed by atoms with Crippen LogP contribution in [-0.2, 0) is 0 Å². The van der Waals surface area contributed by atoms with Crippen LogP contribution in [0.4, 0.5) is 0 Å². The van der Waals surface area contributed by atoms with Crippen LogP contribution in [0.3, 0.4) is 0 Å². The van der Waals surface area contributed by atoms with Crippen molar-refractivity contribution in [2.24, 2.45) is 5.10 Å². The molecule has 5 nitrogen and oxygen atoms in total. The fraction of sp³-hybridized carbons (Fsp3) is 0.133. The second-order valence-corrected chi connectivity index (χ2v) is 3.91. The molecule has 5 heteroatoms.